The first kappa shape index (κ1) is 29.1. The number of benzene rings is 1. The molecule has 0 saturated heterocycles. The molecule has 3 nitrogen and oxygen atoms in total. The van der Waals surface area contributed by atoms with Gasteiger partial charge in [0.05, 0.1) is 14.2 Å². The standard InChI is InChI=1S/C32H54O3Si2/c1-21(33)34-27-19-22-13-14-24-23(25(22)20-28(27)36(9,10)30(2,3)4)17-18-32(8)26(24)15-16-29(32)35-37(11,12)31(5,6)7/h19-20,23-24,26,29H,13-18H2,1-12H3/t23?,24?,26?,29-,32-/m0/s1. The molecule has 0 aromatic heterocycles. The van der Waals surface area contributed by atoms with Crippen molar-refractivity contribution >= 4 is 27.5 Å². The average Bonchev–Trinajstić information content (AvgIpc) is 3.06. The van der Waals surface area contributed by atoms with Crippen molar-refractivity contribution in [3.05, 3.63) is 23.3 Å². The highest BCUT2D eigenvalue weighted by atomic mass is 28.4. The third-order valence-electron chi connectivity index (χ3n) is 11.8. The Balaban J connectivity index is 1.69. The first-order valence-corrected chi connectivity index (χ1v) is 20.7. The van der Waals surface area contributed by atoms with Crippen LogP contribution in [0.1, 0.15) is 105 Å². The van der Waals surface area contributed by atoms with E-state index in [0.717, 1.165) is 24.0 Å². The van der Waals surface area contributed by atoms with Crippen molar-refractivity contribution in [3.63, 3.8) is 0 Å². The minimum Gasteiger partial charge on any atom is -0.427 e. The normalized spacial score (nSPS) is 30.4. The fourth-order valence-corrected chi connectivity index (χ4v) is 10.9. The molecule has 208 valence electrons. The first-order valence-electron chi connectivity index (χ1n) is 14.8. The zero-order valence-electron chi connectivity index (χ0n) is 25.9. The van der Waals surface area contributed by atoms with Gasteiger partial charge >= 0.3 is 5.97 Å². The molecule has 37 heavy (non-hydrogen) atoms. The number of carbonyl (C=O) groups is 1. The number of carbonyl (C=O) groups excluding carboxylic acids is 1. The van der Waals surface area contributed by atoms with E-state index in [0.29, 0.717) is 17.4 Å². The van der Waals surface area contributed by atoms with Crippen molar-refractivity contribution in [1.29, 1.82) is 0 Å². The fourth-order valence-electron chi connectivity index (χ4n) is 7.41. The topological polar surface area (TPSA) is 35.5 Å². The van der Waals surface area contributed by atoms with E-state index in [2.05, 4.69) is 86.8 Å². The minimum absolute atomic E-state index is 0.176. The molecule has 3 aliphatic carbocycles. The molecule has 0 amide bonds. The quantitative estimate of drug-likeness (QED) is 0.217. The smallest absolute Gasteiger partial charge is 0.308 e. The van der Waals surface area contributed by atoms with E-state index in [4.69, 9.17) is 9.16 Å². The molecule has 1 aromatic rings. The largest absolute Gasteiger partial charge is 0.427 e. The highest BCUT2D eigenvalue weighted by Crippen LogP contribution is 2.62. The Morgan fingerprint density at radius 2 is 1.59 bits per heavy atom. The lowest BCUT2D eigenvalue weighted by molar-refractivity contribution is -0.131. The molecule has 5 atom stereocenters. The van der Waals surface area contributed by atoms with Crippen LogP contribution >= 0.6 is 0 Å². The van der Waals surface area contributed by atoms with E-state index < -0.39 is 16.4 Å². The van der Waals surface area contributed by atoms with Gasteiger partial charge in [0.15, 0.2) is 8.32 Å². The molecule has 0 N–H and O–H groups in total. The summed E-state index contributed by atoms with van der Waals surface area (Å²) in [6.45, 7) is 28.0. The number of fused-ring (bicyclic) bond motifs is 5. The summed E-state index contributed by atoms with van der Waals surface area (Å²) in [5, 5.41) is 1.76. The van der Waals surface area contributed by atoms with E-state index in [9.17, 15) is 4.79 Å². The van der Waals surface area contributed by atoms with E-state index in [1.807, 2.05) is 0 Å². The Kier molecular flexibility index (Phi) is 7.33. The van der Waals surface area contributed by atoms with Crippen LogP contribution in [0.2, 0.25) is 36.3 Å². The summed E-state index contributed by atoms with van der Waals surface area (Å²) in [5.41, 5.74) is 3.30. The van der Waals surface area contributed by atoms with Gasteiger partial charge in [0, 0.05) is 6.92 Å². The Hall–Kier alpha value is -0.916. The summed E-state index contributed by atoms with van der Waals surface area (Å²) < 4.78 is 13.0. The number of hydrogen-bond acceptors (Lipinski definition) is 3. The van der Waals surface area contributed by atoms with Crippen molar-refractivity contribution in [2.75, 3.05) is 0 Å². The van der Waals surface area contributed by atoms with Crippen molar-refractivity contribution < 1.29 is 14.0 Å². The maximum Gasteiger partial charge on any atom is 0.308 e. The van der Waals surface area contributed by atoms with Crippen molar-refractivity contribution in [2.24, 2.45) is 17.3 Å². The zero-order chi connectivity index (χ0) is 27.8. The van der Waals surface area contributed by atoms with Crippen molar-refractivity contribution in [3.8, 4) is 5.75 Å². The Bertz CT molecular complexity index is 1050. The summed E-state index contributed by atoms with van der Waals surface area (Å²) in [5.74, 6) is 2.74. The molecule has 3 unspecified atom stereocenters. The summed E-state index contributed by atoms with van der Waals surface area (Å²) in [6.07, 6.45) is 7.82. The second-order valence-electron chi connectivity index (χ2n) is 15.9. The van der Waals surface area contributed by atoms with Crippen LogP contribution in [0.15, 0.2) is 12.1 Å². The molecule has 4 rings (SSSR count). The van der Waals surface area contributed by atoms with Gasteiger partial charge in [-0.2, -0.15) is 0 Å². The third-order valence-corrected chi connectivity index (χ3v) is 21.8. The molecule has 0 aliphatic heterocycles. The lowest BCUT2D eigenvalue weighted by Crippen LogP contribution is -2.52. The number of aryl methyl sites for hydroxylation is 1. The lowest BCUT2D eigenvalue weighted by atomic mass is 9.55. The van der Waals surface area contributed by atoms with Crippen LogP contribution < -0.4 is 9.92 Å². The molecular formula is C32H54O3Si2. The summed E-state index contributed by atoms with van der Waals surface area (Å²) >= 11 is 0. The van der Waals surface area contributed by atoms with Gasteiger partial charge in [-0.1, -0.05) is 67.6 Å². The number of hydrogen-bond donors (Lipinski definition) is 0. The van der Waals surface area contributed by atoms with Crippen LogP contribution in [0.3, 0.4) is 0 Å². The van der Waals surface area contributed by atoms with E-state index in [-0.39, 0.29) is 16.0 Å². The van der Waals surface area contributed by atoms with Crippen LogP contribution in [0.25, 0.3) is 0 Å². The number of ether oxygens (including phenoxy) is 1. The van der Waals surface area contributed by atoms with Gasteiger partial charge in [-0.05, 0) is 107 Å². The maximum absolute atomic E-state index is 12.1. The SMILES string of the molecule is CC(=O)Oc1cc2c(cc1[Si](C)(C)C(C)(C)C)C1CC[C@@]3(C)C(CC[C@@H]3O[Si](C)(C)C(C)(C)C)C1CC2. The van der Waals surface area contributed by atoms with Gasteiger partial charge in [0.2, 0.25) is 0 Å². The summed E-state index contributed by atoms with van der Waals surface area (Å²) in [6, 6.07) is 4.78. The number of rotatable bonds is 4. The molecular weight excluding hydrogens is 489 g/mol. The van der Waals surface area contributed by atoms with E-state index in [1.54, 1.807) is 5.56 Å². The van der Waals surface area contributed by atoms with E-state index in [1.165, 1.54) is 49.8 Å². The second-order valence-corrected chi connectivity index (χ2v) is 26.0. The summed E-state index contributed by atoms with van der Waals surface area (Å²) in [7, 11) is -3.70. The third kappa shape index (κ3) is 4.95. The van der Waals surface area contributed by atoms with Gasteiger partial charge in [-0.3, -0.25) is 4.79 Å². The predicted molar refractivity (Wildman–Crippen MR) is 161 cm³/mol. The number of esters is 1. The monoisotopic (exact) mass is 542 g/mol. The molecule has 5 heteroatoms. The van der Waals surface area contributed by atoms with Gasteiger partial charge in [-0.25, -0.2) is 0 Å². The van der Waals surface area contributed by atoms with Gasteiger partial charge in [0.25, 0.3) is 0 Å². The van der Waals surface area contributed by atoms with Crippen molar-refractivity contribution in [2.45, 2.75) is 142 Å². The second kappa shape index (κ2) is 9.33. The van der Waals surface area contributed by atoms with Crippen LogP contribution in [-0.2, 0) is 15.6 Å². The summed E-state index contributed by atoms with van der Waals surface area (Å²) in [4.78, 5) is 12.1. The highest BCUT2D eigenvalue weighted by Gasteiger charge is 2.57. The Morgan fingerprint density at radius 1 is 0.946 bits per heavy atom. The molecule has 2 saturated carbocycles. The molecule has 2 fully saturated rings. The Morgan fingerprint density at radius 3 is 2.16 bits per heavy atom. The highest BCUT2D eigenvalue weighted by molar-refractivity contribution is 6.92. The Labute approximate surface area is 229 Å². The van der Waals surface area contributed by atoms with Gasteiger partial charge in [-0.15, -0.1) is 0 Å². The maximum atomic E-state index is 12.1. The average molecular weight is 543 g/mol. The minimum atomic E-state index is -1.90. The van der Waals surface area contributed by atoms with Crippen molar-refractivity contribution in [1.82, 2.24) is 0 Å². The molecule has 3 aliphatic rings. The van der Waals surface area contributed by atoms with Gasteiger partial charge in [0.1, 0.15) is 5.75 Å². The predicted octanol–water partition coefficient (Wildman–Crippen LogP) is 8.57. The van der Waals surface area contributed by atoms with E-state index >= 15 is 0 Å². The molecule has 0 heterocycles. The fraction of sp³-hybridized carbons (Fsp3) is 0.781. The zero-order valence-corrected chi connectivity index (χ0v) is 27.9. The molecule has 0 bridgehead atoms. The van der Waals surface area contributed by atoms with Crippen LogP contribution in [0.4, 0.5) is 0 Å². The first-order chi connectivity index (χ1) is 16.8. The molecule has 1 aromatic carbocycles. The molecule has 0 spiro atoms. The van der Waals surface area contributed by atoms with Gasteiger partial charge < -0.3 is 9.16 Å². The molecule has 0 radical (unpaired) electrons. The van der Waals surface area contributed by atoms with Crippen LogP contribution in [-0.4, -0.2) is 28.5 Å². The van der Waals surface area contributed by atoms with Crippen LogP contribution in [0, 0.1) is 17.3 Å². The van der Waals surface area contributed by atoms with Crippen LogP contribution in [0.5, 0.6) is 5.75 Å². The lowest BCUT2D eigenvalue weighted by Gasteiger charge is -2.52.